The lowest BCUT2D eigenvalue weighted by atomic mass is 9.74. The van der Waals surface area contributed by atoms with Crippen molar-refractivity contribution < 1.29 is 47.9 Å². The topological polar surface area (TPSA) is 122 Å². The molecular formula is C48H87NO10. The maximum Gasteiger partial charge on any atom is 0.293 e. The fourth-order valence-corrected chi connectivity index (χ4v) is 9.04. The zero-order valence-corrected chi connectivity index (χ0v) is 39.6. The molecule has 0 aromatic carbocycles. The van der Waals surface area contributed by atoms with Crippen molar-refractivity contribution >= 4 is 12.3 Å². The lowest BCUT2D eigenvalue weighted by Crippen LogP contribution is -2.58. The summed E-state index contributed by atoms with van der Waals surface area (Å²) < 4.78 is 37.1. The van der Waals surface area contributed by atoms with Gasteiger partial charge in [-0.1, -0.05) is 71.8 Å². The minimum Gasteiger partial charge on any atom is -0.460 e. The van der Waals surface area contributed by atoms with E-state index in [2.05, 4.69) is 64.9 Å². The highest BCUT2D eigenvalue weighted by molar-refractivity contribution is 5.98. The number of likely N-dealkylation sites (N-methyl/N-ethyl adjacent to an activating group) is 1. The van der Waals surface area contributed by atoms with Crippen LogP contribution >= 0.6 is 0 Å². The van der Waals surface area contributed by atoms with Crippen LogP contribution in [0.2, 0.25) is 0 Å². The predicted octanol–water partition coefficient (Wildman–Crippen LogP) is 8.76. The number of aliphatic hydroxyl groups excluding tert-OH is 1. The molecular weight excluding hydrogens is 751 g/mol. The normalized spacial score (nSPS) is 31.6. The highest BCUT2D eigenvalue weighted by Gasteiger charge is 2.44. The first-order valence-electron chi connectivity index (χ1n) is 22.8. The SMILES string of the molecule is CC.CCCC1C=CC2C(C=C(C(=O)C(C)CCCCC(/C=C/C(C)OCC)OC=O)C2CC)C1.COC1C(OC)[C@H](O)OC(C)[C@@H]1OC.C[C@H]1OCCCC1N(C)C. The number of allylic oxidation sites excluding steroid dienone is 4. The van der Waals surface area contributed by atoms with Gasteiger partial charge < -0.3 is 43.2 Å². The molecule has 59 heavy (non-hydrogen) atoms. The summed E-state index contributed by atoms with van der Waals surface area (Å²) in [6, 6.07) is 0.633. The van der Waals surface area contributed by atoms with Gasteiger partial charge in [-0.05, 0) is 128 Å². The monoisotopic (exact) mass is 838 g/mol. The molecule has 0 aromatic rings. The Labute approximate surface area is 359 Å². The fraction of sp³-hybridized carbons (Fsp3) is 0.833. The molecule has 2 heterocycles. The van der Waals surface area contributed by atoms with Crippen molar-refractivity contribution in [2.24, 2.45) is 29.6 Å². The maximum atomic E-state index is 13.3. The van der Waals surface area contributed by atoms with Crippen LogP contribution in [-0.4, -0.2) is 126 Å². The Hall–Kier alpha value is -1.96. The number of rotatable bonds is 20. The third-order valence-corrected chi connectivity index (χ3v) is 12.2. The second kappa shape index (κ2) is 31.0. The van der Waals surface area contributed by atoms with E-state index in [1.54, 1.807) is 14.2 Å². The van der Waals surface area contributed by atoms with E-state index in [1.165, 1.54) is 39.2 Å². The molecule has 0 aromatic heterocycles. The smallest absolute Gasteiger partial charge is 0.293 e. The molecule has 0 bridgehead atoms. The largest absolute Gasteiger partial charge is 0.460 e. The van der Waals surface area contributed by atoms with Gasteiger partial charge in [0.25, 0.3) is 6.47 Å². The van der Waals surface area contributed by atoms with Gasteiger partial charge in [0.1, 0.15) is 24.4 Å². The number of methoxy groups -OCH3 is 3. The summed E-state index contributed by atoms with van der Waals surface area (Å²) in [5.41, 5.74) is 1.09. The lowest BCUT2D eigenvalue weighted by molar-refractivity contribution is -0.291. The first kappa shape index (κ1) is 55.1. The van der Waals surface area contributed by atoms with E-state index in [0.29, 0.717) is 54.7 Å². The number of hydrogen-bond acceptors (Lipinski definition) is 11. The highest BCUT2D eigenvalue weighted by Crippen LogP contribution is 2.46. The van der Waals surface area contributed by atoms with Gasteiger partial charge in [-0.25, -0.2) is 0 Å². The number of ketones is 1. The van der Waals surface area contributed by atoms with Crippen molar-refractivity contribution in [3.63, 3.8) is 0 Å². The second-order valence-corrected chi connectivity index (χ2v) is 16.5. The molecule has 2 saturated heterocycles. The number of hydrogen-bond donors (Lipinski definition) is 1. The molecule has 0 radical (unpaired) electrons. The molecule has 0 spiro atoms. The van der Waals surface area contributed by atoms with Gasteiger partial charge in [-0.2, -0.15) is 0 Å². The van der Waals surface area contributed by atoms with Crippen LogP contribution in [0.3, 0.4) is 0 Å². The van der Waals surface area contributed by atoms with Gasteiger partial charge >= 0.3 is 0 Å². The van der Waals surface area contributed by atoms with Crippen molar-refractivity contribution in [1.82, 2.24) is 4.90 Å². The molecule has 2 aliphatic heterocycles. The molecule has 1 N–H and O–H groups in total. The molecule has 4 rings (SSSR count). The molecule has 0 amide bonds. The number of carbonyl (C=O) groups is 2. The third-order valence-electron chi connectivity index (χ3n) is 12.2. The van der Waals surface area contributed by atoms with Gasteiger partial charge in [0.2, 0.25) is 0 Å². The van der Waals surface area contributed by atoms with Crippen LogP contribution in [0.1, 0.15) is 127 Å². The molecule has 344 valence electrons. The van der Waals surface area contributed by atoms with E-state index in [9.17, 15) is 14.7 Å². The van der Waals surface area contributed by atoms with Crippen molar-refractivity contribution in [2.75, 3.05) is 48.6 Å². The van der Waals surface area contributed by atoms with Crippen molar-refractivity contribution in [2.45, 2.75) is 182 Å². The minimum atomic E-state index is -0.966. The lowest BCUT2D eigenvalue weighted by Gasteiger charge is -2.41. The molecule has 2 aliphatic carbocycles. The number of Topliss-reactive ketones (excluding diaryl/α,β-unsaturated/α-hetero) is 1. The molecule has 11 nitrogen and oxygen atoms in total. The Morgan fingerprint density at radius 2 is 1.61 bits per heavy atom. The molecule has 11 unspecified atom stereocenters. The molecule has 2 fully saturated rings. The van der Waals surface area contributed by atoms with Crippen LogP contribution in [-0.2, 0) is 42.7 Å². The van der Waals surface area contributed by atoms with Crippen LogP contribution in [0.15, 0.2) is 36.0 Å². The van der Waals surface area contributed by atoms with Crippen LogP contribution in [0.5, 0.6) is 0 Å². The van der Waals surface area contributed by atoms with E-state index in [4.69, 9.17) is 33.2 Å². The molecule has 14 atom stereocenters. The Morgan fingerprint density at radius 3 is 2.15 bits per heavy atom. The highest BCUT2D eigenvalue weighted by atomic mass is 16.7. The Kier molecular flexibility index (Phi) is 28.9. The van der Waals surface area contributed by atoms with E-state index in [0.717, 1.165) is 44.3 Å². The van der Waals surface area contributed by atoms with Crippen LogP contribution in [0, 0.1) is 29.6 Å². The number of carbonyl (C=O) groups excluding carboxylic acids is 2. The van der Waals surface area contributed by atoms with Crippen molar-refractivity contribution in [1.29, 1.82) is 0 Å². The van der Waals surface area contributed by atoms with Crippen molar-refractivity contribution in [3.05, 3.63) is 36.0 Å². The van der Waals surface area contributed by atoms with Gasteiger partial charge in [0.15, 0.2) is 12.1 Å². The average molecular weight is 838 g/mol. The zero-order chi connectivity index (χ0) is 44.5. The molecule has 11 heteroatoms. The van der Waals surface area contributed by atoms with E-state index >= 15 is 0 Å². The van der Waals surface area contributed by atoms with Gasteiger partial charge in [-0.3, -0.25) is 9.59 Å². The quantitative estimate of drug-likeness (QED) is 0.0720. The van der Waals surface area contributed by atoms with Crippen LogP contribution < -0.4 is 0 Å². The third kappa shape index (κ3) is 18.1. The Morgan fingerprint density at radius 1 is 0.949 bits per heavy atom. The summed E-state index contributed by atoms with van der Waals surface area (Å²) in [6.07, 6.45) is 19.7. The number of unbranched alkanes of at least 4 members (excludes halogenated alkanes) is 1. The number of fused-ring (bicyclic) bond motifs is 1. The second-order valence-electron chi connectivity index (χ2n) is 16.5. The zero-order valence-electron chi connectivity index (χ0n) is 39.6. The Bertz CT molecular complexity index is 1190. The molecule has 0 saturated carbocycles. The van der Waals surface area contributed by atoms with Crippen LogP contribution in [0.4, 0.5) is 0 Å². The van der Waals surface area contributed by atoms with Crippen molar-refractivity contribution in [3.8, 4) is 0 Å². The summed E-state index contributed by atoms with van der Waals surface area (Å²) in [7, 11) is 8.89. The summed E-state index contributed by atoms with van der Waals surface area (Å²) in [5, 5.41) is 9.57. The number of nitrogens with zero attached hydrogens (tertiary/aromatic N) is 1. The van der Waals surface area contributed by atoms with E-state index in [1.807, 2.05) is 46.8 Å². The first-order valence-corrected chi connectivity index (χ1v) is 22.8. The van der Waals surface area contributed by atoms with Crippen LogP contribution in [0.25, 0.3) is 0 Å². The Balaban J connectivity index is 0.000000543. The van der Waals surface area contributed by atoms with Gasteiger partial charge in [-0.15, -0.1) is 0 Å². The summed E-state index contributed by atoms with van der Waals surface area (Å²) in [5.74, 6) is 2.49. The van der Waals surface area contributed by atoms with E-state index in [-0.39, 0.29) is 36.4 Å². The first-order chi connectivity index (χ1) is 28.3. The maximum absolute atomic E-state index is 13.3. The van der Waals surface area contributed by atoms with E-state index < -0.39 is 12.4 Å². The van der Waals surface area contributed by atoms with Gasteiger partial charge in [0.05, 0.1) is 18.3 Å². The standard InChI is InChI=1S/C29H46O4.C9H18O5.C8H17NO.C2H6/c1-6-11-23-15-17-27-24(18-23)19-28(26(27)7-2)29(31)21(4)12-9-10-13-25(33-20-30)16-14-22(5)32-8-3;1-5-6(11-2)7(12-3)8(13-4)9(10)14-5;1-7-8(9(2)3)5-4-6-10-7;1-2/h14-17,19-27H,6-13,18H2,1-5H3;5-10H,1-4H3;7-8H,4-6H2,1-3H3;1-2H3/b16-14+;;;/t;5?,6-,7?,8?,9+;7-,8?;/m.01./s1. The van der Waals surface area contributed by atoms with Gasteiger partial charge in [0, 0.05) is 46.5 Å². The summed E-state index contributed by atoms with van der Waals surface area (Å²) >= 11 is 0. The summed E-state index contributed by atoms with van der Waals surface area (Å²) in [6.45, 7) is 20.6. The fourth-order valence-electron chi connectivity index (χ4n) is 9.04. The molecule has 4 aliphatic rings. The minimum absolute atomic E-state index is 0.00684. The summed E-state index contributed by atoms with van der Waals surface area (Å²) in [4.78, 5) is 26.4. The predicted molar refractivity (Wildman–Crippen MR) is 237 cm³/mol. The average Bonchev–Trinajstić information content (AvgIpc) is 3.60. The number of ether oxygens (including phenoxy) is 7. The number of aliphatic hydroxyl groups is 1.